The molecule has 1 heterocycles. The molecule has 5 heteroatoms. The zero-order chi connectivity index (χ0) is 13.3. The lowest BCUT2D eigenvalue weighted by Gasteiger charge is -2.26. The summed E-state index contributed by atoms with van der Waals surface area (Å²) in [5.74, 6) is -0.814. The summed E-state index contributed by atoms with van der Waals surface area (Å²) >= 11 is 3.06. The molecule has 1 aromatic carbocycles. The number of thioether (sulfide) groups is 2. The van der Waals surface area contributed by atoms with Crippen LogP contribution < -0.4 is 0 Å². The molecule has 0 amide bonds. The fraction of sp³-hybridized carbons (Fsp3) is 0.385. The number of carboxylic acid groups (broad SMARTS) is 1. The summed E-state index contributed by atoms with van der Waals surface area (Å²) in [4.78, 5) is 16.9. The van der Waals surface area contributed by atoms with Crippen molar-refractivity contribution < 1.29 is 9.90 Å². The number of aliphatic carboxylic acids is 1. The van der Waals surface area contributed by atoms with E-state index in [1.807, 2.05) is 24.3 Å². The van der Waals surface area contributed by atoms with Crippen LogP contribution in [0.2, 0.25) is 0 Å². The van der Waals surface area contributed by atoms with E-state index in [1.54, 1.807) is 25.6 Å². The van der Waals surface area contributed by atoms with Crippen molar-refractivity contribution in [3.63, 3.8) is 0 Å². The molecule has 0 spiro atoms. The topological polar surface area (TPSA) is 49.7 Å². The highest BCUT2D eigenvalue weighted by molar-refractivity contribution is 8.18. The van der Waals surface area contributed by atoms with Crippen LogP contribution in [0.4, 0.5) is 5.69 Å². The Balaban J connectivity index is 2.29. The van der Waals surface area contributed by atoms with Crippen LogP contribution in [0.3, 0.4) is 0 Å². The number of hydrogen-bond donors (Lipinski definition) is 1. The molecule has 18 heavy (non-hydrogen) atoms. The molecular weight excluding hydrogens is 266 g/mol. The van der Waals surface area contributed by atoms with E-state index in [0.29, 0.717) is 0 Å². The van der Waals surface area contributed by atoms with Crippen LogP contribution in [0.15, 0.2) is 34.2 Å². The van der Waals surface area contributed by atoms with E-state index in [2.05, 4.69) is 11.9 Å². The van der Waals surface area contributed by atoms with Gasteiger partial charge in [0.2, 0.25) is 0 Å². The minimum absolute atomic E-state index is 0.198. The average Bonchev–Trinajstić information content (AvgIpc) is 2.29. The standard InChI is InChI=1S/C13H15NO2S2/c1-8-11(18-13(2,3)12(15)16)14-9-6-4-5-7-10(9)17-8/h4-8H,1-3H3,(H,15,16). The summed E-state index contributed by atoms with van der Waals surface area (Å²) < 4.78 is -0.847. The van der Waals surface area contributed by atoms with Crippen molar-refractivity contribution in [3.8, 4) is 0 Å². The number of hydrogen-bond acceptors (Lipinski definition) is 4. The van der Waals surface area contributed by atoms with Gasteiger partial charge in [-0.25, -0.2) is 4.99 Å². The zero-order valence-electron chi connectivity index (χ0n) is 10.5. The van der Waals surface area contributed by atoms with Crippen LogP contribution in [-0.4, -0.2) is 26.1 Å². The lowest BCUT2D eigenvalue weighted by Crippen LogP contribution is -2.31. The Labute approximate surface area is 115 Å². The van der Waals surface area contributed by atoms with Gasteiger partial charge < -0.3 is 5.11 Å². The summed E-state index contributed by atoms with van der Waals surface area (Å²) in [6.45, 7) is 5.48. The van der Waals surface area contributed by atoms with Gasteiger partial charge in [0.05, 0.1) is 16.0 Å². The maximum atomic E-state index is 11.2. The second kappa shape index (κ2) is 4.97. The molecule has 0 bridgehead atoms. The lowest BCUT2D eigenvalue weighted by molar-refractivity contribution is -0.138. The van der Waals surface area contributed by atoms with E-state index in [4.69, 9.17) is 0 Å². The van der Waals surface area contributed by atoms with Crippen molar-refractivity contribution in [1.82, 2.24) is 0 Å². The van der Waals surface area contributed by atoms with E-state index in [1.165, 1.54) is 11.8 Å². The SMILES string of the molecule is CC1Sc2ccccc2N=C1SC(C)(C)C(=O)O. The molecule has 0 aromatic heterocycles. The Kier molecular flexibility index (Phi) is 3.73. The first-order chi connectivity index (χ1) is 8.40. The minimum atomic E-state index is -0.847. The molecule has 0 aliphatic carbocycles. The number of benzene rings is 1. The summed E-state index contributed by atoms with van der Waals surface area (Å²) in [6.07, 6.45) is 0. The molecule has 1 unspecified atom stereocenters. The van der Waals surface area contributed by atoms with E-state index < -0.39 is 10.7 Å². The summed E-state index contributed by atoms with van der Waals surface area (Å²) in [6, 6.07) is 7.95. The Morgan fingerprint density at radius 3 is 2.78 bits per heavy atom. The van der Waals surface area contributed by atoms with Crippen molar-refractivity contribution in [2.75, 3.05) is 0 Å². The van der Waals surface area contributed by atoms with Gasteiger partial charge in [-0.3, -0.25) is 4.79 Å². The Bertz CT molecular complexity index is 511. The van der Waals surface area contributed by atoms with Gasteiger partial charge in [0.25, 0.3) is 0 Å². The molecule has 1 N–H and O–H groups in total. The molecule has 96 valence electrons. The molecule has 0 saturated carbocycles. The average molecular weight is 281 g/mol. The Morgan fingerprint density at radius 1 is 1.44 bits per heavy atom. The van der Waals surface area contributed by atoms with Gasteiger partial charge in [-0.15, -0.1) is 11.8 Å². The monoisotopic (exact) mass is 281 g/mol. The highest BCUT2D eigenvalue weighted by atomic mass is 32.2. The number of fused-ring (bicyclic) bond motifs is 1. The predicted octanol–water partition coefficient (Wildman–Crippen LogP) is 3.81. The van der Waals surface area contributed by atoms with Crippen molar-refractivity contribution >= 4 is 40.2 Å². The molecule has 1 aliphatic rings. The van der Waals surface area contributed by atoms with Crippen LogP contribution >= 0.6 is 23.5 Å². The first-order valence-corrected chi connectivity index (χ1v) is 7.36. The normalized spacial score (nSPS) is 19.1. The summed E-state index contributed by atoms with van der Waals surface area (Å²) in [7, 11) is 0. The van der Waals surface area contributed by atoms with Crippen molar-refractivity contribution in [2.45, 2.75) is 35.7 Å². The molecule has 0 radical (unpaired) electrons. The van der Waals surface area contributed by atoms with Gasteiger partial charge in [-0.1, -0.05) is 23.9 Å². The third-order valence-electron chi connectivity index (χ3n) is 2.62. The number of carboxylic acids is 1. The molecule has 1 atom stereocenters. The number of para-hydroxylation sites is 1. The van der Waals surface area contributed by atoms with Crippen molar-refractivity contribution in [3.05, 3.63) is 24.3 Å². The van der Waals surface area contributed by atoms with Gasteiger partial charge in [0.1, 0.15) is 4.75 Å². The third-order valence-corrected chi connectivity index (χ3v) is 5.29. The Morgan fingerprint density at radius 2 is 2.11 bits per heavy atom. The fourth-order valence-corrected chi connectivity index (χ4v) is 3.65. The maximum Gasteiger partial charge on any atom is 0.319 e. The summed E-state index contributed by atoms with van der Waals surface area (Å²) in [5.41, 5.74) is 0.935. The predicted molar refractivity (Wildman–Crippen MR) is 78.2 cm³/mol. The quantitative estimate of drug-likeness (QED) is 0.895. The van der Waals surface area contributed by atoms with Crippen LogP contribution in [-0.2, 0) is 4.79 Å². The second-order valence-electron chi connectivity index (χ2n) is 4.60. The van der Waals surface area contributed by atoms with Crippen LogP contribution in [0.1, 0.15) is 20.8 Å². The van der Waals surface area contributed by atoms with Gasteiger partial charge in [-0.2, -0.15) is 0 Å². The van der Waals surface area contributed by atoms with Crippen molar-refractivity contribution in [2.24, 2.45) is 4.99 Å². The largest absolute Gasteiger partial charge is 0.480 e. The smallest absolute Gasteiger partial charge is 0.319 e. The molecule has 1 aromatic rings. The molecule has 2 rings (SSSR count). The fourth-order valence-electron chi connectivity index (χ4n) is 1.51. The van der Waals surface area contributed by atoms with E-state index in [9.17, 15) is 9.90 Å². The minimum Gasteiger partial charge on any atom is -0.480 e. The number of rotatable bonds is 2. The summed E-state index contributed by atoms with van der Waals surface area (Å²) in [5, 5.41) is 10.2. The third kappa shape index (κ3) is 2.72. The van der Waals surface area contributed by atoms with Crippen LogP contribution in [0, 0.1) is 0 Å². The molecule has 0 saturated heterocycles. The Hall–Kier alpha value is -0.940. The van der Waals surface area contributed by atoms with E-state index >= 15 is 0 Å². The first kappa shape index (κ1) is 13.5. The van der Waals surface area contributed by atoms with Gasteiger partial charge in [-0.05, 0) is 32.9 Å². The number of aliphatic imine (C=N–C) groups is 1. The maximum absolute atomic E-state index is 11.2. The highest BCUT2D eigenvalue weighted by Gasteiger charge is 2.33. The lowest BCUT2D eigenvalue weighted by atomic mass is 10.2. The number of nitrogens with zero attached hydrogens (tertiary/aromatic N) is 1. The van der Waals surface area contributed by atoms with E-state index in [-0.39, 0.29) is 5.25 Å². The number of carbonyl (C=O) groups is 1. The highest BCUT2D eigenvalue weighted by Crippen LogP contribution is 2.42. The van der Waals surface area contributed by atoms with Gasteiger partial charge >= 0.3 is 5.97 Å². The molecular formula is C13H15NO2S2. The molecule has 0 fully saturated rings. The van der Waals surface area contributed by atoms with E-state index in [0.717, 1.165) is 15.6 Å². The van der Waals surface area contributed by atoms with Crippen LogP contribution in [0.25, 0.3) is 0 Å². The van der Waals surface area contributed by atoms with Crippen molar-refractivity contribution in [1.29, 1.82) is 0 Å². The molecule has 3 nitrogen and oxygen atoms in total. The second-order valence-corrected chi connectivity index (χ2v) is 7.62. The first-order valence-electron chi connectivity index (χ1n) is 5.67. The van der Waals surface area contributed by atoms with Gasteiger partial charge in [0.15, 0.2) is 0 Å². The zero-order valence-corrected chi connectivity index (χ0v) is 12.1. The van der Waals surface area contributed by atoms with Gasteiger partial charge in [0, 0.05) is 4.90 Å². The molecule has 1 aliphatic heterocycles. The van der Waals surface area contributed by atoms with Crippen LogP contribution in [0.5, 0.6) is 0 Å².